The number of hydrogen-bond donors (Lipinski definition) is 1. The van der Waals surface area contributed by atoms with Gasteiger partial charge in [0.2, 0.25) is 0 Å². The van der Waals surface area contributed by atoms with Crippen molar-refractivity contribution in [2.24, 2.45) is 0 Å². The molecule has 0 aliphatic carbocycles. The van der Waals surface area contributed by atoms with Gasteiger partial charge < -0.3 is 10.1 Å². The van der Waals surface area contributed by atoms with E-state index in [2.05, 4.69) is 5.32 Å². The second kappa shape index (κ2) is 10.2. The van der Waals surface area contributed by atoms with Gasteiger partial charge in [0, 0.05) is 11.3 Å². The van der Waals surface area contributed by atoms with E-state index < -0.39 is 34.8 Å². The first kappa shape index (κ1) is 26.1. The summed E-state index contributed by atoms with van der Waals surface area (Å²) in [5, 5.41) is 3.23. The molecule has 2 aromatic carbocycles. The Labute approximate surface area is 189 Å². The molecule has 0 aromatic heterocycles. The topological polar surface area (TPSA) is 21.3 Å². The summed E-state index contributed by atoms with van der Waals surface area (Å²) >= 11 is 0. The fraction of sp³-hybridized carbons (Fsp3) is 0.391. The maximum atomic E-state index is 13.5. The van der Waals surface area contributed by atoms with Gasteiger partial charge in [-0.05, 0) is 61.3 Å². The summed E-state index contributed by atoms with van der Waals surface area (Å²) in [5.74, 6) is -0.750. The Morgan fingerprint density at radius 1 is 0.906 bits per heavy atom. The molecule has 0 radical (unpaired) electrons. The SMILES string of the molecule is COC=CC(c1cc(C(F)(F)F)cc(C(F)(F)F)c1)C1(c2ccccc2)CCNCC1.Cl. The molecular formula is C23H24ClF6NO. The maximum Gasteiger partial charge on any atom is 0.416 e. The first-order chi connectivity index (χ1) is 14.6. The predicted molar refractivity (Wildman–Crippen MR) is 113 cm³/mol. The zero-order chi connectivity index (χ0) is 22.7. The molecule has 1 heterocycles. The lowest BCUT2D eigenvalue weighted by atomic mass is 9.62. The number of piperidine rings is 1. The Hall–Kier alpha value is -2.19. The lowest BCUT2D eigenvalue weighted by Gasteiger charge is -2.44. The van der Waals surface area contributed by atoms with Gasteiger partial charge >= 0.3 is 12.4 Å². The first-order valence-electron chi connectivity index (χ1n) is 9.83. The predicted octanol–water partition coefficient (Wildman–Crippen LogP) is 6.71. The van der Waals surface area contributed by atoms with E-state index in [1.165, 1.54) is 13.4 Å². The Morgan fingerprint density at radius 2 is 1.44 bits per heavy atom. The molecule has 9 heteroatoms. The molecule has 0 spiro atoms. The van der Waals surface area contributed by atoms with Gasteiger partial charge in [-0.2, -0.15) is 26.3 Å². The van der Waals surface area contributed by atoms with Crippen LogP contribution in [0.2, 0.25) is 0 Å². The van der Waals surface area contributed by atoms with Crippen LogP contribution in [0.3, 0.4) is 0 Å². The molecule has 2 aromatic rings. The third kappa shape index (κ3) is 5.59. The molecule has 32 heavy (non-hydrogen) atoms. The summed E-state index contributed by atoms with van der Waals surface area (Å²) in [4.78, 5) is 0. The van der Waals surface area contributed by atoms with E-state index in [4.69, 9.17) is 4.74 Å². The third-order valence-corrected chi connectivity index (χ3v) is 5.82. The standard InChI is InChI=1S/C23H23F6NO.ClH/c1-31-12-7-20(21(8-10-30-11-9-21)17-5-3-2-4-6-17)16-13-18(22(24,25)26)15-19(14-16)23(27,28)29;/h2-7,12-15,20,30H,8-11H2,1H3;1H. The number of methoxy groups -OCH3 is 1. The van der Waals surface area contributed by atoms with Crippen molar-refractivity contribution in [2.75, 3.05) is 20.2 Å². The summed E-state index contributed by atoms with van der Waals surface area (Å²) in [6, 6.07) is 11.0. The van der Waals surface area contributed by atoms with Gasteiger partial charge in [-0.15, -0.1) is 12.4 Å². The normalized spacial score (nSPS) is 17.6. The highest BCUT2D eigenvalue weighted by Crippen LogP contribution is 2.48. The molecule has 1 saturated heterocycles. The number of allylic oxidation sites excluding steroid dienone is 1. The van der Waals surface area contributed by atoms with Crippen molar-refractivity contribution >= 4 is 12.4 Å². The number of halogens is 7. The van der Waals surface area contributed by atoms with Crippen LogP contribution in [0.15, 0.2) is 60.9 Å². The molecule has 0 bridgehead atoms. The number of hydrogen-bond acceptors (Lipinski definition) is 2. The molecule has 0 amide bonds. The molecule has 1 unspecified atom stereocenters. The third-order valence-electron chi connectivity index (χ3n) is 5.82. The average molecular weight is 480 g/mol. The molecule has 176 valence electrons. The summed E-state index contributed by atoms with van der Waals surface area (Å²) in [7, 11) is 1.39. The monoisotopic (exact) mass is 479 g/mol. The lowest BCUT2D eigenvalue weighted by molar-refractivity contribution is -0.143. The van der Waals surface area contributed by atoms with Crippen LogP contribution in [-0.2, 0) is 22.5 Å². The summed E-state index contributed by atoms with van der Waals surface area (Å²) in [5.41, 5.74) is -2.49. The van der Waals surface area contributed by atoms with Crippen molar-refractivity contribution in [3.8, 4) is 0 Å². The van der Waals surface area contributed by atoms with Crippen LogP contribution in [0.25, 0.3) is 0 Å². The van der Waals surface area contributed by atoms with E-state index in [0.717, 1.165) is 17.7 Å². The van der Waals surface area contributed by atoms with Crippen LogP contribution in [0, 0.1) is 0 Å². The van der Waals surface area contributed by atoms with Gasteiger partial charge in [0.1, 0.15) is 0 Å². The van der Waals surface area contributed by atoms with E-state index in [1.54, 1.807) is 6.08 Å². The summed E-state index contributed by atoms with van der Waals surface area (Å²) in [6.07, 6.45) is -5.82. The average Bonchev–Trinajstić information content (AvgIpc) is 2.74. The number of alkyl halides is 6. The molecule has 1 aliphatic rings. The fourth-order valence-corrected chi connectivity index (χ4v) is 4.35. The lowest BCUT2D eigenvalue weighted by Crippen LogP contribution is -2.43. The van der Waals surface area contributed by atoms with Gasteiger partial charge in [-0.1, -0.05) is 30.3 Å². The van der Waals surface area contributed by atoms with Crippen molar-refractivity contribution in [2.45, 2.75) is 36.5 Å². The molecule has 1 aliphatic heterocycles. The van der Waals surface area contributed by atoms with E-state index in [1.807, 2.05) is 30.3 Å². The number of ether oxygens (including phenoxy) is 1. The van der Waals surface area contributed by atoms with Crippen LogP contribution < -0.4 is 5.32 Å². The van der Waals surface area contributed by atoms with Crippen molar-refractivity contribution in [3.05, 3.63) is 83.1 Å². The summed E-state index contributed by atoms with van der Waals surface area (Å²) in [6.45, 7) is 1.19. The smallest absolute Gasteiger partial charge is 0.416 e. The van der Waals surface area contributed by atoms with Crippen LogP contribution in [0.4, 0.5) is 26.3 Å². The van der Waals surface area contributed by atoms with Gasteiger partial charge in [-0.25, -0.2) is 0 Å². The van der Waals surface area contributed by atoms with E-state index in [-0.39, 0.29) is 24.0 Å². The summed E-state index contributed by atoms with van der Waals surface area (Å²) < 4.78 is 86.0. The first-order valence-corrected chi connectivity index (χ1v) is 9.83. The maximum absolute atomic E-state index is 13.5. The van der Waals surface area contributed by atoms with Crippen molar-refractivity contribution in [1.82, 2.24) is 5.32 Å². The molecule has 1 fully saturated rings. The number of benzene rings is 2. The van der Waals surface area contributed by atoms with Gasteiger partial charge in [-0.3, -0.25) is 0 Å². The molecule has 1 N–H and O–H groups in total. The van der Waals surface area contributed by atoms with Gasteiger partial charge in [0.05, 0.1) is 24.5 Å². The van der Waals surface area contributed by atoms with Gasteiger partial charge in [0.15, 0.2) is 0 Å². The highest BCUT2D eigenvalue weighted by atomic mass is 35.5. The molecule has 0 saturated carbocycles. The van der Waals surface area contributed by atoms with Crippen LogP contribution in [-0.4, -0.2) is 20.2 Å². The molecular weight excluding hydrogens is 456 g/mol. The van der Waals surface area contributed by atoms with E-state index in [9.17, 15) is 26.3 Å². The zero-order valence-electron chi connectivity index (χ0n) is 17.3. The Kier molecular flexibility index (Phi) is 8.28. The highest BCUT2D eigenvalue weighted by molar-refractivity contribution is 5.85. The Balaban J connectivity index is 0.00000363. The largest absolute Gasteiger partial charge is 0.505 e. The highest BCUT2D eigenvalue weighted by Gasteiger charge is 2.43. The quantitative estimate of drug-likeness (QED) is 0.380. The van der Waals surface area contributed by atoms with E-state index in [0.29, 0.717) is 25.9 Å². The Bertz CT molecular complexity index is 873. The minimum absolute atomic E-state index is 0. The minimum Gasteiger partial charge on any atom is -0.505 e. The number of nitrogens with one attached hydrogen (secondary N) is 1. The van der Waals surface area contributed by atoms with Crippen LogP contribution >= 0.6 is 12.4 Å². The molecule has 3 rings (SSSR count). The second-order valence-electron chi connectivity index (χ2n) is 7.65. The number of rotatable bonds is 5. The fourth-order valence-electron chi connectivity index (χ4n) is 4.35. The van der Waals surface area contributed by atoms with Crippen molar-refractivity contribution in [3.63, 3.8) is 0 Å². The van der Waals surface area contributed by atoms with Crippen LogP contribution in [0.5, 0.6) is 0 Å². The zero-order valence-corrected chi connectivity index (χ0v) is 18.1. The minimum atomic E-state index is -4.90. The van der Waals surface area contributed by atoms with Crippen molar-refractivity contribution in [1.29, 1.82) is 0 Å². The second-order valence-corrected chi connectivity index (χ2v) is 7.65. The van der Waals surface area contributed by atoms with Crippen LogP contribution in [0.1, 0.15) is 41.0 Å². The molecule has 2 nitrogen and oxygen atoms in total. The van der Waals surface area contributed by atoms with E-state index >= 15 is 0 Å². The Morgan fingerprint density at radius 3 is 1.91 bits per heavy atom. The van der Waals surface area contributed by atoms with Crippen molar-refractivity contribution < 1.29 is 31.1 Å². The molecule has 1 atom stereocenters. The van der Waals surface area contributed by atoms with Gasteiger partial charge in [0.25, 0.3) is 0 Å².